The van der Waals surface area contributed by atoms with E-state index in [4.69, 9.17) is 4.74 Å². The molecule has 2 aromatic rings. The fourth-order valence-electron chi connectivity index (χ4n) is 1.93. The highest BCUT2D eigenvalue weighted by atomic mass is 16.5. The Morgan fingerprint density at radius 1 is 1.44 bits per heavy atom. The molecule has 5 heteroatoms. The third-order valence-electron chi connectivity index (χ3n) is 2.75. The van der Waals surface area contributed by atoms with Gasteiger partial charge in [0.2, 0.25) is 0 Å². The van der Waals surface area contributed by atoms with Gasteiger partial charge < -0.3 is 20.1 Å². The number of methoxy groups -OCH3 is 1. The first-order chi connectivity index (χ1) is 8.74. The zero-order chi connectivity index (χ0) is 13.0. The first-order valence-electron chi connectivity index (χ1n) is 5.81. The number of para-hydroxylation sites is 1. The molecule has 96 valence electrons. The minimum absolute atomic E-state index is 0.294. The molecule has 0 unspecified atom stereocenters. The van der Waals surface area contributed by atoms with E-state index in [1.807, 2.05) is 18.2 Å². The zero-order valence-electron chi connectivity index (χ0n) is 10.2. The van der Waals surface area contributed by atoms with Crippen LogP contribution < -0.4 is 5.32 Å². The summed E-state index contributed by atoms with van der Waals surface area (Å²) in [4.78, 5) is 14.4. The quantitative estimate of drug-likeness (QED) is 0.686. The molecule has 0 aliphatic heterocycles. The van der Waals surface area contributed by atoms with Crippen molar-refractivity contribution in [1.82, 2.24) is 4.98 Å². The topological polar surface area (TPSA) is 74.3 Å². The largest absolute Gasteiger partial charge is 0.478 e. The summed E-state index contributed by atoms with van der Waals surface area (Å²) < 4.78 is 4.95. The first-order valence-corrected chi connectivity index (χ1v) is 5.81. The van der Waals surface area contributed by atoms with Crippen molar-refractivity contribution >= 4 is 22.7 Å². The second kappa shape index (κ2) is 5.55. The van der Waals surface area contributed by atoms with Crippen molar-refractivity contribution in [2.75, 3.05) is 25.6 Å². The number of aromatic carboxylic acids is 1. The number of ether oxygens (including phenoxy) is 1. The average molecular weight is 248 g/mol. The standard InChI is InChI=1S/C13H16N2O3/c1-18-8-4-7-14-12-11(13(16)17)9-5-2-3-6-10(9)15-12/h2-3,5-6,14-15H,4,7-8H2,1H3,(H,16,17). The van der Waals surface area contributed by atoms with E-state index >= 15 is 0 Å². The van der Waals surface area contributed by atoms with E-state index in [1.165, 1.54) is 0 Å². The van der Waals surface area contributed by atoms with Crippen LogP contribution in [0.4, 0.5) is 5.82 Å². The lowest BCUT2D eigenvalue weighted by Crippen LogP contribution is -2.08. The molecule has 0 atom stereocenters. The number of rotatable bonds is 6. The van der Waals surface area contributed by atoms with Gasteiger partial charge in [-0.3, -0.25) is 0 Å². The van der Waals surface area contributed by atoms with Gasteiger partial charge in [0.25, 0.3) is 0 Å². The van der Waals surface area contributed by atoms with Gasteiger partial charge in [0.15, 0.2) is 0 Å². The number of fused-ring (bicyclic) bond motifs is 1. The van der Waals surface area contributed by atoms with Crippen LogP contribution in [0, 0.1) is 0 Å². The molecule has 0 amide bonds. The monoisotopic (exact) mass is 248 g/mol. The van der Waals surface area contributed by atoms with E-state index in [0.717, 1.165) is 17.3 Å². The van der Waals surface area contributed by atoms with Crippen LogP contribution in [0.15, 0.2) is 24.3 Å². The van der Waals surface area contributed by atoms with Crippen molar-refractivity contribution in [2.45, 2.75) is 6.42 Å². The number of benzene rings is 1. The second-order valence-electron chi connectivity index (χ2n) is 4.00. The minimum Gasteiger partial charge on any atom is -0.478 e. The summed E-state index contributed by atoms with van der Waals surface area (Å²) in [5, 5.41) is 13.1. The summed E-state index contributed by atoms with van der Waals surface area (Å²) in [7, 11) is 1.64. The molecule has 0 saturated heterocycles. The van der Waals surface area contributed by atoms with Crippen LogP contribution in [-0.4, -0.2) is 36.3 Å². The lowest BCUT2D eigenvalue weighted by Gasteiger charge is -2.04. The first kappa shape index (κ1) is 12.4. The highest BCUT2D eigenvalue weighted by molar-refractivity contribution is 6.08. The van der Waals surface area contributed by atoms with Gasteiger partial charge in [-0.15, -0.1) is 0 Å². The third-order valence-corrected chi connectivity index (χ3v) is 2.75. The van der Waals surface area contributed by atoms with Crippen LogP contribution >= 0.6 is 0 Å². The molecule has 18 heavy (non-hydrogen) atoms. The van der Waals surface area contributed by atoms with Gasteiger partial charge in [-0.2, -0.15) is 0 Å². The van der Waals surface area contributed by atoms with Gasteiger partial charge >= 0.3 is 5.97 Å². The van der Waals surface area contributed by atoms with Crippen molar-refractivity contribution in [2.24, 2.45) is 0 Å². The molecule has 5 nitrogen and oxygen atoms in total. The predicted octanol–water partition coefficient (Wildman–Crippen LogP) is 2.31. The van der Waals surface area contributed by atoms with Crippen LogP contribution in [0.2, 0.25) is 0 Å². The average Bonchev–Trinajstić information content (AvgIpc) is 2.73. The third kappa shape index (κ3) is 2.46. The molecular formula is C13H16N2O3. The molecular weight excluding hydrogens is 232 g/mol. The van der Waals surface area contributed by atoms with Crippen molar-refractivity contribution in [3.05, 3.63) is 29.8 Å². The van der Waals surface area contributed by atoms with Crippen molar-refractivity contribution in [1.29, 1.82) is 0 Å². The Balaban J connectivity index is 2.25. The molecule has 2 rings (SSSR count). The molecule has 1 aromatic heterocycles. The van der Waals surface area contributed by atoms with E-state index < -0.39 is 5.97 Å². The van der Waals surface area contributed by atoms with Crippen LogP contribution in [0.25, 0.3) is 10.9 Å². The molecule has 0 bridgehead atoms. The molecule has 0 fully saturated rings. The Morgan fingerprint density at radius 2 is 2.22 bits per heavy atom. The van der Waals surface area contributed by atoms with Gasteiger partial charge in [-0.1, -0.05) is 18.2 Å². The SMILES string of the molecule is COCCCNc1[nH]c2ccccc2c1C(=O)O. The molecule has 1 aromatic carbocycles. The summed E-state index contributed by atoms with van der Waals surface area (Å²) >= 11 is 0. The molecule has 0 aliphatic carbocycles. The summed E-state index contributed by atoms with van der Waals surface area (Å²) in [5.74, 6) is -0.374. The number of hydrogen-bond acceptors (Lipinski definition) is 3. The molecule has 0 radical (unpaired) electrons. The fraction of sp³-hybridized carbons (Fsp3) is 0.308. The van der Waals surface area contributed by atoms with Crippen LogP contribution in [0.5, 0.6) is 0 Å². The Bertz CT molecular complexity index is 548. The van der Waals surface area contributed by atoms with E-state index in [-0.39, 0.29) is 0 Å². The highest BCUT2D eigenvalue weighted by Crippen LogP contribution is 2.25. The van der Waals surface area contributed by atoms with Gasteiger partial charge in [0.1, 0.15) is 11.4 Å². The molecule has 0 saturated carbocycles. The Kier molecular flexibility index (Phi) is 3.84. The summed E-state index contributed by atoms with van der Waals surface area (Å²) in [6.45, 7) is 1.32. The Labute approximate surface area is 105 Å². The molecule has 1 heterocycles. The van der Waals surface area contributed by atoms with E-state index in [1.54, 1.807) is 13.2 Å². The summed E-state index contributed by atoms with van der Waals surface area (Å²) in [6, 6.07) is 7.37. The van der Waals surface area contributed by atoms with Gasteiger partial charge in [0.05, 0.1) is 0 Å². The van der Waals surface area contributed by atoms with Crippen LogP contribution in [-0.2, 0) is 4.74 Å². The van der Waals surface area contributed by atoms with E-state index in [2.05, 4.69) is 10.3 Å². The number of nitrogens with one attached hydrogen (secondary N) is 2. The second-order valence-corrected chi connectivity index (χ2v) is 4.00. The van der Waals surface area contributed by atoms with Crippen LogP contribution in [0.1, 0.15) is 16.8 Å². The fourth-order valence-corrected chi connectivity index (χ4v) is 1.93. The van der Waals surface area contributed by atoms with Gasteiger partial charge in [-0.05, 0) is 12.5 Å². The number of carboxylic acid groups (broad SMARTS) is 1. The number of carbonyl (C=O) groups is 1. The van der Waals surface area contributed by atoms with E-state index in [0.29, 0.717) is 24.5 Å². The van der Waals surface area contributed by atoms with Gasteiger partial charge in [-0.25, -0.2) is 4.79 Å². The van der Waals surface area contributed by atoms with Crippen molar-refractivity contribution in [3.63, 3.8) is 0 Å². The van der Waals surface area contributed by atoms with Crippen LogP contribution in [0.3, 0.4) is 0 Å². The van der Waals surface area contributed by atoms with E-state index in [9.17, 15) is 9.90 Å². The number of anilines is 1. The number of H-pyrrole nitrogens is 1. The highest BCUT2D eigenvalue weighted by Gasteiger charge is 2.16. The summed E-state index contributed by atoms with van der Waals surface area (Å²) in [6.07, 6.45) is 0.824. The number of aromatic amines is 1. The molecule has 0 spiro atoms. The maximum Gasteiger partial charge on any atom is 0.340 e. The van der Waals surface area contributed by atoms with Crippen molar-refractivity contribution in [3.8, 4) is 0 Å². The maximum atomic E-state index is 11.3. The van der Waals surface area contributed by atoms with Gasteiger partial charge in [0, 0.05) is 31.2 Å². The predicted molar refractivity (Wildman–Crippen MR) is 70.2 cm³/mol. The number of carboxylic acids is 1. The lowest BCUT2D eigenvalue weighted by molar-refractivity contribution is 0.0700. The maximum absolute atomic E-state index is 11.3. The number of aromatic nitrogens is 1. The summed E-state index contributed by atoms with van der Waals surface area (Å²) in [5.41, 5.74) is 1.12. The number of hydrogen-bond donors (Lipinski definition) is 3. The van der Waals surface area contributed by atoms with Crippen molar-refractivity contribution < 1.29 is 14.6 Å². The smallest absolute Gasteiger partial charge is 0.340 e. The lowest BCUT2D eigenvalue weighted by atomic mass is 10.1. The minimum atomic E-state index is -0.929. The molecule has 3 N–H and O–H groups in total. The molecule has 0 aliphatic rings. The zero-order valence-corrected chi connectivity index (χ0v) is 10.2. The Hall–Kier alpha value is -2.01. The Morgan fingerprint density at radius 3 is 2.94 bits per heavy atom. The normalized spacial score (nSPS) is 10.7.